The summed E-state index contributed by atoms with van der Waals surface area (Å²) in [4.78, 5) is 7.00. The third-order valence-electron chi connectivity index (χ3n) is 5.40. The Morgan fingerprint density at radius 2 is 1.87 bits per heavy atom. The van der Waals surface area contributed by atoms with Gasteiger partial charge in [-0.15, -0.1) is 0 Å². The highest BCUT2D eigenvalue weighted by atomic mass is 32.2. The largest absolute Gasteiger partial charge is 0.494 e. The fourth-order valence-corrected chi connectivity index (χ4v) is 4.42. The van der Waals surface area contributed by atoms with Crippen molar-refractivity contribution in [2.24, 2.45) is 0 Å². The first-order chi connectivity index (χ1) is 14.9. The summed E-state index contributed by atoms with van der Waals surface area (Å²) in [5.74, 6) is 0.945. The molecule has 3 aromatic rings. The van der Waals surface area contributed by atoms with Crippen molar-refractivity contribution in [3.63, 3.8) is 0 Å². The van der Waals surface area contributed by atoms with E-state index >= 15 is 0 Å². The Hall–Kier alpha value is -1.99. The van der Waals surface area contributed by atoms with Crippen LogP contribution in [0.1, 0.15) is 18.4 Å². The summed E-state index contributed by atoms with van der Waals surface area (Å²) < 4.78 is 14.7. The SMILES string of the molecule is c1ccc2c(CCCNSc3ccc(OCCCN4CCOCC4)cc3)c[nH]c2c1. The van der Waals surface area contributed by atoms with E-state index in [9.17, 15) is 0 Å². The molecule has 1 aromatic heterocycles. The molecule has 5 nitrogen and oxygen atoms in total. The molecule has 1 aliphatic rings. The molecular formula is C24H31N3O2S. The molecule has 0 radical (unpaired) electrons. The molecular weight excluding hydrogens is 394 g/mol. The van der Waals surface area contributed by atoms with E-state index in [0.29, 0.717) is 0 Å². The fourth-order valence-electron chi connectivity index (χ4n) is 3.73. The van der Waals surface area contributed by atoms with Crippen LogP contribution in [0.3, 0.4) is 0 Å². The van der Waals surface area contributed by atoms with E-state index in [1.54, 1.807) is 11.9 Å². The van der Waals surface area contributed by atoms with Crippen LogP contribution in [0, 0.1) is 0 Å². The lowest BCUT2D eigenvalue weighted by molar-refractivity contribution is 0.0358. The molecule has 1 aliphatic heterocycles. The molecule has 0 unspecified atom stereocenters. The minimum atomic E-state index is 0.760. The van der Waals surface area contributed by atoms with Crippen molar-refractivity contribution in [2.45, 2.75) is 24.2 Å². The molecule has 0 amide bonds. The summed E-state index contributed by atoms with van der Waals surface area (Å²) in [5, 5.41) is 1.34. The van der Waals surface area contributed by atoms with Crippen LogP contribution in [0.2, 0.25) is 0 Å². The van der Waals surface area contributed by atoms with Crippen molar-refractivity contribution < 1.29 is 9.47 Å². The molecule has 0 spiro atoms. The number of hydrogen-bond acceptors (Lipinski definition) is 5. The lowest BCUT2D eigenvalue weighted by Gasteiger charge is -2.26. The van der Waals surface area contributed by atoms with E-state index < -0.39 is 0 Å². The highest BCUT2D eigenvalue weighted by Gasteiger charge is 2.09. The summed E-state index contributed by atoms with van der Waals surface area (Å²) in [7, 11) is 0. The number of para-hydroxylation sites is 1. The molecule has 1 saturated heterocycles. The average Bonchev–Trinajstić information content (AvgIpc) is 3.21. The number of aromatic nitrogens is 1. The first-order valence-corrected chi connectivity index (χ1v) is 11.7. The Kier molecular flexibility index (Phi) is 8.09. The number of aromatic amines is 1. The molecule has 2 heterocycles. The minimum Gasteiger partial charge on any atom is -0.494 e. The Bertz CT molecular complexity index is 891. The Balaban J connectivity index is 1.09. The summed E-state index contributed by atoms with van der Waals surface area (Å²) in [6.07, 6.45) is 5.37. The van der Waals surface area contributed by atoms with Crippen molar-refractivity contribution in [1.82, 2.24) is 14.6 Å². The van der Waals surface area contributed by atoms with Gasteiger partial charge in [0.2, 0.25) is 0 Å². The predicted molar refractivity (Wildman–Crippen MR) is 124 cm³/mol. The van der Waals surface area contributed by atoms with Crippen LogP contribution in [0.15, 0.2) is 59.6 Å². The first kappa shape index (κ1) is 21.2. The summed E-state index contributed by atoms with van der Waals surface area (Å²) >= 11 is 1.69. The molecule has 2 aromatic carbocycles. The number of benzene rings is 2. The third kappa shape index (κ3) is 6.25. The number of ether oxygens (including phenoxy) is 2. The summed E-state index contributed by atoms with van der Waals surface area (Å²) in [6.45, 7) is 6.62. The molecule has 160 valence electrons. The molecule has 0 aliphatic carbocycles. The fraction of sp³-hybridized carbons (Fsp3) is 0.417. The van der Waals surface area contributed by atoms with Gasteiger partial charge in [0.15, 0.2) is 0 Å². The van der Waals surface area contributed by atoms with Crippen LogP contribution in [-0.4, -0.2) is 55.9 Å². The normalized spacial score (nSPS) is 14.9. The number of morpholine rings is 1. The van der Waals surface area contributed by atoms with Gasteiger partial charge in [-0.05, 0) is 67.1 Å². The molecule has 0 atom stereocenters. The van der Waals surface area contributed by atoms with Crippen molar-refractivity contribution in [1.29, 1.82) is 0 Å². The molecule has 1 fully saturated rings. The standard InChI is InChI=1S/C24H31N3O2S/c1-2-7-24-23(6-1)20(19-25-24)5-3-12-26-30-22-10-8-21(9-11-22)29-16-4-13-27-14-17-28-18-15-27/h1-2,6-11,19,25-26H,3-5,12-18H2. The smallest absolute Gasteiger partial charge is 0.119 e. The Labute approximate surface area is 183 Å². The van der Waals surface area contributed by atoms with E-state index in [4.69, 9.17) is 9.47 Å². The van der Waals surface area contributed by atoms with Gasteiger partial charge in [0.05, 0.1) is 19.8 Å². The third-order valence-corrected chi connectivity index (χ3v) is 6.26. The predicted octanol–water partition coefficient (Wildman–Crippen LogP) is 4.50. The number of fused-ring (bicyclic) bond motifs is 1. The topological polar surface area (TPSA) is 49.5 Å². The molecule has 0 bridgehead atoms. The van der Waals surface area contributed by atoms with Gasteiger partial charge in [-0.25, -0.2) is 0 Å². The number of hydrogen-bond donors (Lipinski definition) is 2. The van der Waals surface area contributed by atoms with Crippen LogP contribution in [-0.2, 0) is 11.2 Å². The van der Waals surface area contributed by atoms with Crippen LogP contribution in [0.5, 0.6) is 5.75 Å². The van der Waals surface area contributed by atoms with Gasteiger partial charge in [-0.3, -0.25) is 9.62 Å². The van der Waals surface area contributed by atoms with E-state index in [2.05, 4.69) is 69.3 Å². The highest BCUT2D eigenvalue weighted by molar-refractivity contribution is 7.97. The average molecular weight is 426 g/mol. The molecule has 4 rings (SSSR count). The van der Waals surface area contributed by atoms with Crippen LogP contribution < -0.4 is 9.46 Å². The Morgan fingerprint density at radius 3 is 2.73 bits per heavy atom. The quantitative estimate of drug-likeness (QED) is 0.350. The summed E-state index contributed by atoms with van der Waals surface area (Å²) in [6, 6.07) is 16.9. The highest BCUT2D eigenvalue weighted by Crippen LogP contribution is 2.21. The van der Waals surface area contributed by atoms with Crippen LogP contribution >= 0.6 is 11.9 Å². The van der Waals surface area contributed by atoms with Gasteiger partial charge in [0, 0.05) is 48.2 Å². The van der Waals surface area contributed by atoms with Crippen LogP contribution in [0.25, 0.3) is 10.9 Å². The van der Waals surface area contributed by atoms with Crippen molar-refractivity contribution in [3.8, 4) is 5.75 Å². The van der Waals surface area contributed by atoms with Crippen molar-refractivity contribution in [2.75, 3.05) is 46.0 Å². The van der Waals surface area contributed by atoms with E-state index in [0.717, 1.165) is 71.0 Å². The molecule has 0 saturated carbocycles. The minimum absolute atomic E-state index is 0.760. The number of aryl methyl sites for hydroxylation is 1. The summed E-state index contributed by atoms with van der Waals surface area (Å²) in [5.41, 5.74) is 2.62. The Morgan fingerprint density at radius 1 is 1.03 bits per heavy atom. The number of nitrogens with one attached hydrogen (secondary N) is 2. The maximum Gasteiger partial charge on any atom is 0.119 e. The zero-order valence-corrected chi connectivity index (χ0v) is 18.3. The lowest BCUT2D eigenvalue weighted by atomic mass is 10.1. The first-order valence-electron chi connectivity index (χ1n) is 10.9. The molecule has 2 N–H and O–H groups in total. The van der Waals surface area contributed by atoms with E-state index in [-0.39, 0.29) is 0 Å². The molecule has 6 heteroatoms. The molecule has 30 heavy (non-hydrogen) atoms. The second-order valence-electron chi connectivity index (χ2n) is 7.59. The van der Waals surface area contributed by atoms with Crippen LogP contribution in [0.4, 0.5) is 0 Å². The van der Waals surface area contributed by atoms with Gasteiger partial charge in [0.1, 0.15) is 5.75 Å². The van der Waals surface area contributed by atoms with Crippen molar-refractivity contribution in [3.05, 3.63) is 60.3 Å². The van der Waals surface area contributed by atoms with Crippen molar-refractivity contribution >= 4 is 22.9 Å². The maximum atomic E-state index is 5.88. The van der Waals surface area contributed by atoms with Gasteiger partial charge >= 0.3 is 0 Å². The van der Waals surface area contributed by atoms with Gasteiger partial charge in [-0.1, -0.05) is 18.2 Å². The van der Waals surface area contributed by atoms with Gasteiger partial charge < -0.3 is 14.5 Å². The number of nitrogens with zero attached hydrogens (tertiary/aromatic N) is 1. The lowest BCUT2D eigenvalue weighted by Crippen LogP contribution is -2.37. The zero-order chi connectivity index (χ0) is 20.4. The second kappa shape index (κ2) is 11.4. The second-order valence-corrected chi connectivity index (χ2v) is 8.55. The maximum absolute atomic E-state index is 5.88. The van der Waals surface area contributed by atoms with E-state index in [1.807, 2.05) is 0 Å². The van der Waals surface area contributed by atoms with Gasteiger partial charge in [0.25, 0.3) is 0 Å². The number of H-pyrrole nitrogens is 1. The van der Waals surface area contributed by atoms with E-state index in [1.165, 1.54) is 21.4 Å². The monoisotopic (exact) mass is 425 g/mol. The van der Waals surface area contributed by atoms with Gasteiger partial charge in [-0.2, -0.15) is 0 Å². The zero-order valence-electron chi connectivity index (χ0n) is 17.4. The number of rotatable bonds is 11.